The number of aromatic amines is 2. The molecule has 7 nitrogen and oxygen atoms in total. The lowest BCUT2D eigenvalue weighted by atomic mass is 10.1. The number of nitrogens with one attached hydrogen (secondary N) is 2. The van der Waals surface area contributed by atoms with Crippen molar-refractivity contribution < 1.29 is 17.6 Å². The fraction of sp³-hybridized carbons (Fsp3) is 0.133. The third-order valence-electron chi connectivity index (χ3n) is 3.60. The number of hydrogen-bond acceptors (Lipinski definition) is 4. The number of rotatable bonds is 3. The van der Waals surface area contributed by atoms with E-state index in [0.717, 1.165) is 6.20 Å². The molecule has 1 aromatic carbocycles. The van der Waals surface area contributed by atoms with Crippen LogP contribution in [0.1, 0.15) is 10.7 Å². The van der Waals surface area contributed by atoms with Crippen LogP contribution in [0.25, 0.3) is 33.2 Å². The number of benzene rings is 1. The Morgan fingerprint density at radius 3 is 3.00 bits per heavy atom. The Hall–Kier alpha value is -3.23. The first-order valence-electron chi connectivity index (χ1n) is 8.29. The summed E-state index contributed by atoms with van der Waals surface area (Å²) < 4.78 is 52.7. The molecule has 0 amide bonds. The van der Waals surface area contributed by atoms with Gasteiger partial charge in [-0.05, 0) is 23.8 Å². The molecule has 0 saturated carbocycles. The van der Waals surface area contributed by atoms with E-state index in [2.05, 4.69) is 20.1 Å². The molecule has 4 rings (SSSR count). The van der Waals surface area contributed by atoms with E-state index >= 15 is 0 Å². The summed E-state index contributed by atoms with van der Waals surface area (Å²) in [6.45, 7) is -2.95. The summed E-state index contributed by atoms with van der Waals surface area (Å²) in [4.78, 5) is 20.8. The van der Waals surface area contributed by atoms with Crippen molar-refractivity contribution in [2.24, 2.45) is 0 Å². The molecule has 0 fully saturated rings. The van der Waals surface area contributed by atoms with Crippen LogP contribution in [0.3, 0.4) is 0 Å². The van der Waals surface area contributed by atoms with Gasteiger partial charge in [0.15, 0.2) is 5.65 Å². The molecule has 0 spiro atoms. The average Bonchev–Trinajstić information content (AvgIpc) is 3.12. The second-order valence-corrected chi connectivity index (χ2v) is 5.08. The first kappa shape index (κ1) is 11.3. The smallest absolute Gasteiger partial charge is 0.333 e. The van der Waals surface area contributed by atoms with Gasteiger partial charge in [-0.15, -0.1) is 5.10 Å². The zero-order valence-corrected chi connectivity index (χ0v) is 11.9. The molecule has 9 heteroatoms. The average molecular weight is 334 g/mol. The summed E-state index contributed by atoms with van der Waals surface area (Å²) >= 11 is 0. The summed E-state index contributed by atoms with van der Waals surface area (Å²) in [5.74, 6) is -0.432. The Morgan fingerprint density at radius 2 is 2.21 bits per heavy atom. The number of hydrogen-bond donors (Lipinski definition) is 2. The Kier molecular flexibility index (Phi) is 2.43. The maximum atomic E-state index is 13.0. The highest BCUT2D eigenvalue weighted by Gasteiger charge is 2.16. The van der Waals surface area contributed by atoms with Gasteiger partial charge in [0.2, 0.25) is 5.88 Å². The fourth-order valence-corrected chi connectivity index (χ4v) is 2.54. The summed E-state index contributed by atoms with van der Waals surface area (Å²) in [7, 11) is -2.84. The Balaban J connectivity index is 1.87. The predicted molar refractivity (Wildman–Crippen MR) is 83.2 cm³/mol. The maximum absolute atomic E-state index is 13.0. The van der Waals surface area contributed by atoms with E-state index in [-0.39, 0.29) is 5.56 Å². The van der Waals surface area contributed by atoms with Crippen molar-refractivity contribution in [3.63, 3.8) is 0 Å². The zero-order valence-electron chi connectivity index (χ0n) is 14.9. The van der Waals surface area contributed by atoms with Crippen LogP contribution in [-0.2, 0) is 0 Å². The Labute approximate surface area is 137 Å². The molecule has 122 valence electrons. The highest BCUT2D eigenvalue weighted by Crippen LogP contribution is 2.32. The van der Waals surface area contributed by atoms with Gasteiger partial charge >= 0.3 is 12.2 Å². The van der Waals surface area contributed by atoms with E-state index in [0.29, 0.717) is 32.3 Å². The Morgan fingerprint density at radius 1 is 1.33 bits per heavy atom. The minimum atomic E-state index is -2.95. The van der Waals surface area contributed by atoms with Gasteiger partial charge in [0.25, 0.3) is 0 Å². The number of pyridine rings is 1. The number of nitrogens with zero attached hydrogens (tertiary/aromatic N) is 3. The lowest BCUT2D eigenvalue weighted by Gasteiger charge is -2.03. The normalized spacial score (nSPS) is 14.0. The molecule has 3 heterocycles. The molecule has 0 atom stereocenters. The molecule has 4 aromatic rings. The van der Waals surface area contributed by atoms with Crippen LogP contribution >= 0.6 is 0 Å². The molecule has 0 aliphatic carbocycles. The molecule has 24 heavy (non-hydrogen) atoms. The van der Waals surface area contributed by atoms with Crippen molar-refractivity contribution in [1.29, 1.82) is 0 Å². The van der Waals surface area contributed by atoms with Crippen molar-refractivity contribution in [3.8, 4) is 17.0 Å². The monoisotopic (exact) mass is 334 g/mol. The lowest BCUT2D eigenvalue weighted by Crippen LogP contribution is -1.99. The Bertz CT molecular complexity index is 1210. The molecule has 0 aliphatic rings. The zero-order chi connectivity index (χ0) is 19.3. The van der Waals surface area contributed by atoms with Crippen LogP contribution in [0, 0.1) is 0 Å². The van der Waals surface area contributed by atoms with Crippen molar-refractivity contribution in [1.82, 2.24) is 24.7 Å². The number of halogens is 2. The highest BCUT2D eigenvalue weighted by atomic mass is 19.3. The largest absolute Gasteiger partial charge is 0.479 e. The van der Waals surface area contributed by atoms with Crippen molar-refractivity contribution in [3.05, 3.63) is 40.9 Å². The van der Waals surface area contributed by atoms with E-state index in [9.17, 15) is 13.6 Å². The molecule has 0 aliphatic heterocycles. The van der Waals surface area contributed by atoms with Crippen molar-refractivity contribution in [2.45, 2.75) is 6.55 Å². The molecule has 0 saturated heterocycles. The summed E-state index contributed by atoms with van der Waals surface area (Å²) in [6, 6.07) is 6.48. The SMILES string of the molecule is [2H]C([2H])([2H])Oc1nn(C(F)F)cc1-c1ccc2nc3[nH]c(=O)[nH]c3cc2c1. The second kappa shape index (κ2) is 5.15. The van der Waals surface area contributed by atoms with Crippen LogP contribution in [0.5, 0.6) is 5.88 Å². The number of ether oxygens (including phenoxy) is 1. The van der Waals surface area contributed by atoms with Gasteiger partial charge in [0.1, 0.15) is 0 Å². The van der Waals surface area contributed by atoms with Crippen LogP contribution in [0.4, 0.5) is 8.78 Å². The minimum absolute atomic E-state index is 0.0935. The number of aromatic nitrogens is 5. The number of alkyl halides is 2. The molecule has 2 N–H and O–H groups in total. The molecule has 0 unspecified atom stereocenters. The summed E-state index contributed by atoms with van der Waals surface area (Å²) in [6.07, 6.45) is 1.01. The maximum Gasteiger partial charge on any atom is 0.333 e. The standard InChI is InChI=1S/C15H11F2N5O2/c1-24-13-9(6-22(21-13)14(16)17)7-2-3-10-8(4-7)5-11-12(18-10)20-15(23)19-11/h2-6,14H,1H3,(H2,18,19,20,23)/i1D3. The predicted octanol–water partition coefficient (Wildman–Crippen LogP) is 2.67. The van der Waals surface area contributed by atoms with Gasteiger partial charge in [-0.3, -0.25) is 4.98 Å². The van der Waals surface area contributed by atoms with E-state index in [1.54, 1.807) is 24.3 Å². The van der Waals surface area contributed by atoms with E-state index in [1.165, 1.54) is 0 Å². The molecular weight excluding hydrogens is 320 g/mol. The van der Waals surface area contributed by atoms with Gasteiger partial charge < -0.3 is 9.72 Å². The van der Waals surface area contributed by atoms with E-state index in [4.69, 9.17) is 8.85 Å². The van der Waals surface area contributed by atoms with Crippen LogP contribution in [0.2, 0.25) is 0 Å². The quantitative estimate of drug-likeness (QED) is 0.603. The topological polar surface area (TPSA) is 88.6 Å². The molecular formula is C15H11F2N5O2. The van der Waals surface area contributed by atoms with Gasteiger partial charge in [0.05, 0.1) is 27.7 Å². The third kappa shape index (κ3) is 2.21. The summed E-state index contributed by atoms with van der Waals surface area (Å²) in [5, 5.41) is 4.13. The lowest BCUT2D eigenvalue weighted by molar-refractivity contribution is 0.0554. The highest BCUT2D eigenvalue weighted by molar-refractivity contribution is 5.92. The summed E-state index contributed by atoms with van der Waals surface area (Å²) in [5.41, 5.74) is 1.52. The number of imidazole rings is 1. The van der Waals surface area contributed by atoms with Gasteiger partial charge in [-0.25, -0.2) is 14.5 Å². The van der Waals surface area contributed by atoms with Crippen molar-refractivity contribution >= 4 is 22.1 Å². The first-order valence-corrected chi connectivity index (χ1v) is 6.79. The molecule has 3 aromatic heterocycles. The minimum Gasteiger partial charge on any atom is -0.479 e. The van der Waals surface area contributed by atoms with Crippen LogP contribution in [-0.4, -0.2) is 31.8 Å². The van der Waals surface area contributed by atoms with Crippen LogP contribution in [0.15, 0.2) is 35.3 Å². The number of fused-ring (bicyclic) bond motifs is 2. The van der Waals surface area contributed by atoms with Gasteiger partial charge in [-0.1, -0.05) is 6.07 Å². The van der Waals surface area contributed by atoms with E-state index in [1.807, 2.05) is 0 Å². The van der Waals surface area contributed by atoms with E-state index < -0.39 is 25.2 Å². The van der Waals surface area contributed by atoms with Crippen molar-refractivity contribution in [2.75, 3.05) is 7.04 Å². The molecule has 0 radical (unpaired) electrons. The molecule has 0 bridgehead atoms. The van der Waals surface area contributed by atoms with Gasteiger partial charge in [-0.2, -0.15) is 8.78 Å². The van der Waals surface area contributed by atoms with Crippen LogP contribution < -0.4 is 10.4 Å². The second-order valence-electron chi connectivity index (χ2n) is 5.08. The third-order valence-corrected chi connectivity index (χ3v) is 3.60. The number of H-pyrrole nitrogens is 2. The first-order chi connectivity index (χ1) is 12.7. The number of methoxy groups -OCH3 is 1. The van der Waals surface area contributed by atoms with Gasteiger partial charge in [0, 0.05) is 11.6 Å². The fourth-order valence-electron chi connectivity index (χ4n) is 2.54.